The van der Waals surface area contributed by atoms with Crippen LogP contribution in [-0.2, 0) is 16.1 Å². The molecule has 0 heterocycles. The largest absolute Gasteiger partial charge is 0.452 e. The number of carbonyl (C=O) groups is 2. The highest BCUT2D eigenvalue weighted by molar-refractivity contribution is 5.91. The minimum atomic E-state index is -0.558. The van der Waals surface area contributed by atoms with E-state index in [0.29, 0.717) is 11.1 Å². The quantitative estimate of drug-likeness (QED) is 0.863. The van der Waals surface area contributed by atoms with Crippen molar-refractivity contribution in [2.24, 2.45) is 0 Å². The lowest BCUT2D eigenvalue weighted by atomic mass is 10.1. The van der Waals surface area contributed by atoms with Crippen molar-refractivity contribution < 1.29 is 18.7 Å². The molecule has 0 spiro atoms. The van der Waals surface area contributed by atoms with Crippen LogP contribution < -0.4 is 5.32 Å². The number of ether oxygens (including phenoxy) is 1. The van der Waals surface area contributed by atoms with Crippen LogP contribution in [0, 0.1) is 19.7 Å². The SMILES string of the molecule is Cc1cc(C)cc(C(=O)OCC(=O)NCc2ccccc2F)c1. The van der Waals surface area contributed by atoms with Gasteiger partial charge in [0.15, 0.2) is 6.61 Å². The van der Waals surface area contributed by atoms with Gasteiger partial charge in [-0.1, -0.05) is 35.4 Å². The summed E-state index contributed by atoms with van der Waals surface area (Å²) in [5.74, 6) is -1.43. The van der Waals surface area contributed by atoms with E-state index in [-0.39, 0.29) is 12.4 Å². The van der Waals surface area contributed by atoms with Crippen LogP contribution >= 0.6 is 0 Å². The maximum Gasteiger partial charge on any atom is 0.338 e. The molecule has 23 heavy (non-hydrogen) atoms. The number of nitrogens with one attached hydrogen (secondary N) is 1. The molecule has 2 aromatic carbocycles. The summed E-state index contributed by atoms with van der Waals surface area (Å²) in [6.45, 7) is 3.41. The fourth-order valence-electron chi connectivity index (χ4n) is 2.19. The van der Waals surface area contributed by atoms with Crippen molar-refractivity contribution in [3.05, 3.63) is 70.5 Å². The van der Waals surface area contributed by atoms with Crippen molar-refractivity contribution in [2.45, 2.75) is 20.4 Å². The molecule has 2 rings (SSSR count). The summed E-state index contributed by atoms with van der Waals surface area (Å²) in [5, 5.41) is 2.51. The van der Waals surface area contributed by atoms with E-state index < -0.39 is 18.5 Å². The Labute approximate surface area is 134 Å². The topological polar surface area (TPSA) is 55.4 Å². The van der Waals surface area contributed by atoms with Crippen LogP contribution in [0.2, 0.25) is 0 Å². The van der Waals surface area contributed by atoms with Crippen molar-refractivity contribution in [2.75, 3.05) is 6.61 Å². The summed E-state index contributed by atoms with van der Waals surface area (Å²) in [7, 11) is 0. The van der Waals surface area contributed by atoms with Gasteiger partial charge in [0.05, 0.1) is 5.56 Å². The number of hydrogen-bond donors (Lipinski definition) is 1. The molecular weight excluding hydrogens is 297 g/mol. The highest BCUT2D eigenvalue weighted by Crippen LogP contribution is 2.10. The van der Waals surface area contributed by atoms with Gasteiger partial charge in [0.2, 0.25) is 0 Å². The third-order valence-electron chi connectivity index (χ3n) is 3.23. The number of carbonyl (C=O) groups excluding carboxylic acids is 2. The molecule has 0 aliphatic heterocycles. The minimum absolute atomic E-state index is 0.0482. The smallest absolute Gasteiger partial charge is 0.338 e. The Morgan fingerprint density at radius 1 is 1.09 bits per heavy atom. The van der Waals surface area contributed by atoms with Gasteiger partial charge in [0.1, 0.15) is 5.82 Å². The molecule has 0 radical (unpaired) electrons. The van der Waals surface area contributed by atoms with Gasteiger partial charge in [-0.05, 0) is 32.0 Å². The van der Waals surface area contributed by atoms with Gasteiger partial charge in [0.25, 0.3) is 5.91 Å². The predicted octanol–water partition coefficient (Wildman–Crippen LogP) is 2.92. The number of rotatable bonds is 5. The maximum atomic E-state index is 13.4. The molecule has 2 aromatic rings. The molecular formula is C18H18FNO3. The van der Waals surface area contributed by atoms with Crippen LogP contribution in [0.4, 0.5) is 4.39 Å². The van der Waals surface area contributed by atoms with Crippen LogP contribution in [0.15, 0.2) is 42.5 Å². The summed E-state index contributed by atoms with van der Waals surface area (Å²) < 4.78 is 18.4. The Morgan fingerprint density at radius 3 is 2.39 bits per heavy atom. The van der Waals surface area contributed by atoms with Crippen molar-refractivity contribution in [1.82, 2.24) is 5.32 Å². The van der Waals surface area contributed by atoms with E-state index in [1.165, 1.54) is 6.07 Å². The van der Waals surface area contributed by atoms with Crippen LogP contribution in [0.3, 0.4) is 0 Å². The highest BCUT2D eigenvalue weighted by Gasteiger charge is 2.11. The molecule has 0 fully saturated rings. The fraction of sp³-hybridized carbons (Fsp3) is 0.222. The molecule has 0 aliphatic carbocycles. The summed E-state index contributed by atoms with van der Waals surface area (Å²) >= 11 is 0. The monoisotopic (exact) mass is 315 g/mol. The fourth-order valence-corrected chi connectivity index (χ4v) is 2.19. The second kappa shape index (κ2) is 7.54. The summed E-state index contributed by atoms with van der Waals surface area (Å²) in [6.07, 6.45) is 0. The second-order valence-electron chi connectivity index (χ2n) is 5.32. The normalized spacial score (nSPS) is 10.2. The maximum absolute atomic E-state index is 13.4. The molecule has 0 atom stereocenters. The lowest BCUT2D eigenvalue weighted by molar-refractivity contribution is -0.124. The van der Waals surface area contributed by atoms with E-state index in [1.807, 2.05) is 19.9 Å². The van der Waals surface area contributed by atoms with Crippen LogP contribution in [-0.4, -0.2) is 18.5 Å². The standard InChI is InChI=1S/C18H18FNO3/c1-12-7-13(2)9-15(8-12)18(22)23-11-17(21)20-10-14-5-3-4-6-16(14)19/h3-9H,10-11H2,1-2H3,(H,20,21). The van der Waals surface area contributed by atoms with Gasteiger partial charge < -0.3 is 10.1 Å². The van der Waals surface area contributed by atoms with Crippen molar-refractivity contribution >= 4 is 11.9 Å². The van der Waals surface area contributed by atoms with E-state index in [1.54, 1.807) is 30.3 Å². The first-order valence-corrected chi connectivity index (χ1v) is 7.21. The van der Waals surface area contributed by atoms with Gasteiger partial charge in [0, 0.05) is 12.1 Å². The molecule has 4 nitrogen and oxygen atoms in total. The Morgan fingerprint density at radius 2 is 1.74 bits per heavy atom. The first-order chi connectivity index (χ1) is 11.0. The Kier molecular flexibility index (Phi) is 5.46. The molecule has 5 heteroatoms. The molecule has 0 aliphatic rings. The second-order valence-corrected chi connectivity index (χ2v) is 5.32. The van der Waals surface area contributed by atoms with E-state index >= 15 is 0 Å². The third-order valence-corrected chi connectivity index (χ3v) is 3.23. The Balaban J connectivity index is 1.84. The van der Waals surface area contributed by atoms with Crippen molar-refractivity contribution in [3.8, 4) is 0 Å². The minimum Gasteiger partial charge on any atom is -0.452 e. The lowest BCUT2D eigenvalue weighted by Crippen LogP contribution is -2.28. The molecule has 1 N–H and O–H groups in total. The number of esters is 1. The number of halogens is 1. The van der Waals surface area contributed by atoms with Crippen LogP contribution in [0.5, 0.6) is 0 Å². The molecule has 0 bridgehead atoms. The summed E-state index contributed by atoms with van der Waals surface area (Å²) in [5.41, 5.74) is 2.67. The van der Waals surface area contributed by atoms with Gasteiger partial charge in [-0.3, -0.25) is 4.79 Å². The van der Waals surface area contributed by atoms with Crippen molar-refractivity contribution in [3.63, 3.8) is 0 Å². The van der Waals surface area contributed by atoms with Gasteiger partial charge in [-0.2, -0.15) is 0 Å². The van der Waals surface area contributed by atoms with Gasteiger partial charge in [-0.15, -0.1) is 0 Å². The number of hydrogen-bond acceptors (Lipinski definition) is 3. The van der Waals surface area contributed by atoms with Crippen LogP contribution in [0.25, 0.3) is 0 Å². The molecule has 0 aromatic heterocycles. The zero-order valence-electron chi connectivity index (χ0n) is 13.1. The number of aryl methyl sites for hydroxylation is 2. The summed E-state index contributed by atoms with van der Waals surface area (Å²) in [6, 6.07) is 11.5. The molecule has 1 amide bonds. The van der Waals surface area contributed by atoms with E-state index in [4.69, 9.17) is 4.74 Å². The first-order valence-electron chi connectivity index (χ1n) is 7.21. The van der Waals surface area contributed by atoms with E-state index in [9.17, 15) is 14.0 Å². The van der Waals surface area contributed by atoms with E-state index in [0.717, 1.165) is 11.1 Å². The summed E-state index contributed by atoms with van der Waals surface area (Å²) in [4.78, 5) is 23.6. The van der Waals surface area contributed by atoms with Crippen molar-refractivity contribution in [1.29, 1.82) is 0 Å². The van der Waals surface area contributed by atoms with Crippen LogP contribution in [0.1, 0.15) is 27.0 Å². The lowest BCUT2D eigenvalue weighted by Gasteiger charge is -2.08. The zero-order valence-corrected chi connectivity index (χ0v) is 13.1. The number of benzene rings is 2. The molecule has 120 valence electrons. The zero-order chi connectivity index (χ0) is 16.8. The molecule has 0 unspecified atom stereocenters. The average Bonchev–Trinajstić information content (AvgIpc) is 2.51. The van der Waals surface area contributed by atoms with Gasteiger partial charge in [-0.25, -0.2) is 9.18 Å². The predicted molar refractivity (Wildman–Crippen MR) is 84.4 cm³/mol. The Hall–Kier alpha value is -2.69. The third kappa shape index (κ3) is 4.92. The average molecular weight is 315 g/mol. The highest BCUT2D eigenvalue weighted by atomic mass is 19.1. The molecule has 0 saturated heterocycles. The first kappa shape index (κ1) is 16.7. The van der Waals surface area contributed by atoms with Gasteiger partial charge >= 0.3 is 5.97 Å². The number of amides is 1. The molecule has 0 saturated carbocycles. The van der Waals surface area contributed by atoms with E-state index in [2.05, 4.69) is 5.32 Å². The Bertz CT molecular complexity index is 708.